The Hall–Kier alpha value is -3.22. The number of hydrogen-bond donors (Lipinski definition) is 1. The number of nitrogens with one attached hydrogen (secondary N) is 1. The quantitative estimate of drug-likeness (QED) is 0.773. The van der Waals surface area contributed by atoms with Gasteiger partial charge in [0.15, 0.2) is 0 Å². The highest BCUT2D eigenvalue weighted by molar-refractivity contribution is 6.05. The Labute approximate surface area is 154 Å². The van der Waals surface area contributed by atoms with Crippen molar-refractivity contribution in [1.82, 2.24) is 9.55 Å². The summed E-state index contributed by atoms with van der Waals surface area (Å²) >= 11 is 0. The molecule has 0 radical (unpaired) electrons. The standard InChI is InChI=1S/C20H17FN4O2/c21-13-5-1-2-6-14(13)22-18(26)11-17-19(27)24(12-9-10-12)20-23-15-7-3-4-8-16(15)25(17)20/h1-8,12,17H,9-11H2,(H,22,26)/t17-/m0/s1. The monoisotopic (exact) mass is 364 g/mol. The van der Waals surface area contributed by atoms with Crippen LogP contribution in [0.15, 0.2) is 48.5 Å². The van der Waals surface area contributed by atoms with Crippen molar-refractivity contribution in [1.29, 1.82) is 0 Å². The first kappa shape index (κ1) is 16.0. The zero-order valence-corrected chi connectivity index (χ0v) is 14.4. The number of nitrogens with zero attached hydrogens (tertiary/aromatic N) is 3. The summed E-state index contributed by atoms with van der Waals surface area (Å²) in [7, 11) is 0. The fraction of sp³-hybridized carbons (Fsp3) is 0.250. The Kier molecular flexibility index (Phi) is 3.50. The molecule has 1 aromatic heterocycles. The van der Waals surface area contributed by atoms with Gasteiger partial charge in [0.2, 0.25) is 11.9 Å². The van der Waals surface area contributed by atoms with E-state index < -0.39 is 17.8 Å². The van der Waals surface area contributed by atoms with Crippen molar-refractivity contribution < 1.29 is 14.0 Å². The first-order valence-electron chi connectivity index (χ1n) is 8.98. The van der Waals surface area contributed by atoms with E-state index in [-0.39, 0.29) is 24.1 Å². The lowest BCUT2D eigenvalue weighted by molar-refractivity contribution is -0.124. The van der Waals surface area contributed by atoms with Crippen LogP contribution >= 0.6 is 0 Å². The first-order chi connectivity index (χ1) is 13.1. The highest BCUT2D eigenvalue weighted by Gasteiger charge is 2.47. The maximum atomic E-state index is 13.8. The van der Waals surface area contributed by atoms with Crippen LogP contribution in [0, 0.1) is 5.82 Å². The van der Waals surface area contributed by atoms with Crippen molar-refractivity contribution in [3.8, 4) is 0 Å². The lowest BCUT2D eigenvalue weighted by atomic mass is 10.1. The molecule has 0 saturated heterocycles. The SMILES string of the molecule is O=C(C[C@H]1C(=O)N(C2CC2)c2nc3ccccc3n21)Nc1ccccc1F. The van der Waals surface area contributed by atoms with E-state index in [1.165, 1.54) is 12.1 Å². The van der Waals surface area contributed by atoms with Gasteiger partial charge in [0.1, 0.15) is 11.9 Å². The first-order valence-corrected chi connectivity index (χ1v) is 8.98. The number of benzene rings is 2. The molecule has 0 unspecified atom stereocenters. The highest BCUT2D eigenvalue weighted by atomic mass is 19.1. The Bertz CT molecular complexity index is 1070. The Balaban J connectivity index is 1.48. The van der Waals surface area contributed by atoms with Crippen LogP contribution in [0.4, 0.5) is 16.0 Å². The Morgan fingerprint density at radius 2 is 1.89 bits per heavy atom. The number of hydrogen-bond acceptors (Lipinski definition) is 3. The zero-order chi connectivity index (χ0) is 18.5. The van der Waals surface area contributed by atoms with Crippen LogP contribution in [0.25, 0.3) is 11.0 Å². The Morgan fingerprint density at radius 3 is 2.67 bits per heavy atom. The van der Waals surface area contributed by atoms with Gasteiger partial charge in [0.05, 0.1) is 23.1 Å². The molecule has 0 bridgehead atoms. The van der Waals surface area contributed by atoms with E-state index in [9.17, 15) is 14.0 Å². The van der Waals surface area contributed by atoms with Gasteiger partial charge in [-0.15, -0.1) is 0 Å². The van der Waals surface area contributed by atoms with Crippen molar-refractivity contribution in [2.24, 2.45) is 0 Å². The molecular weight excluding hydrogens is 347 g/mol. The van der Waals surface area contributed by atoms with Gasteiger partial charge in [-0.1, -0.05) is 24.3 Å². The molecule has 6 nitrogen and oxygen atoms in total. The smallest absolute Gasteiger partial charge is 0.253 e. The molecule has 5 rings (SSSR count). The molecule has 27 heavy (non-hydrogen) atoms. The molecule has 136 valence electrons. The number of aromatic nitrogens is 2. The summed E-state index contributed by atoms with van der Waals surface area (Å²) in [6, 6.07) is 13.1. The molecule has 3 aromatic rings. The van der Waals surface area contributed by atoms with E-state index in [0.717, 1.165) is 23.9 Å². The van der Waals surface area contributed by atoms with E-state index in [4.69, 9.17) is 0 Å². The van der Waals surface area contributed by atoms with Gasteiger partial charge < -0.3 is 5.32 Å². The molecule has 2 amide bonds. The fourth-order valence-corrected chi connectivity index (χ4v) is 3.67. The van der Waals surface area contributed by atoms with Crippen molar-refractivity contribution in [2.45, 2.75) is 31.3 Å². The number of amides is 2. The minimum Gasteiger partial charge on any atom is -0.324 e. The van der Waals surface area contributed by atoms with Crippen LogP contribution in [0.3, 0.4) is 0 Å². The maximum absolute atomic E-state index is 13.8. The molecule has 0 spiro atoms. The average Bonchev–Trinajstić information content (AvgIpc) is 3.36. The predicted molar refractivity (Wildman–Crippen MR) is 98.9 cm³/mol. The maximum Gasteiger partial charge on any atom is 0.253 e. The number of rotatable bonds is 4. The van der Waals surface area contributed by atoms with E-state index in [1.807, 2.05) is 28.8 Å². The van der Waals surface area contributed by atoms with Crippen LogP contribution in [0.5, 0.6) is 0 Å². The average molecular weight is 364 g/mol. The normalized spacial score (nSPS) is 18.8. The van der Waals surface area contributed by atoms with Crippen molar-refractivity contribution >= 4 is 34.5 Å². The van der Waals surface area contributed by atoms with E-state index >= 15 is 0 Å². The van der Waals surface area contributed by atoms with Gasteiger partial charge in [-0.2, -0.15) is 0 Å². The van der Waals surface area contributed by atoms with Crippen molar-refractivity contribution in [3.05, 3.63) is 54.3 Å². The molecule has 2 heterocycles. The van der Waals surface area contributed by atoms with E-state index in [1.54, 1.807) is 17.0 Å². The van der Waals surface area contributed by atoms with Crippen LogP contribution in [-0.2, 0) is 9.59 Å². The summed E-state index contributed by atoms with van der Waals surface area (Å²) in [6.07, 6.45) is 1.83. The van der Waals surface area contributed by atoms with Crippen LogP contribution < -0.4 is 10.2 Å². The van der Waals surface area contributed by atoms with Gasteiger partial charge in [-0.3, -0.25) is 19.1 Å². The topological polar surface area (TPSA) is 67.2 Å². The van der Waals surface area contributed by atoms with Gasteiger partial charge in [0, 0.05) is 6.04 Å². The lowest BCUT2D eigenvalue weighted by Gasteiger charge is -2.15. The summed E-state index contributed by atoms with van der Waals surface area (Å²) in [5, 5.41) is 2.57. The Morgan fingerprint density at radius 1 is 1.15 bits per heavy atom. The van der Waals surface area contributed by atoms with Gasteiger partial charge in [-0.05, 0) is 37.1 Å². The number of carbonyl (C=O) groups excluding carboxylic acids is 2. The summed E-state index contributed by atoms with van der Waals surface area (Å²) < 4.78 is 15.7. The summed E-state index contributed by atoms with van der Waals surface area (Å²) in [6.45, 7) is 0. The van der Waals surface area contributed by atoms with Gasteiger partial charge in [0.25, 0.3) is 5.91 Å². The predicted octanol–water partition coefficient (Wildman–Crippen LogP) is 3.25. The number of para-hydroxylation sites is 3. The molecule has 1 N–H and O–H groups in total. The minimum absolute atomic E-state index is 0.0657. The number of imidazole rings is 1. The third kappa shape index (κ3) is 2.58. The molecule has 1 fully saturated rings. The summed E-state index contributed by atoms with van der Waals surface area (Å²) in [5.41, 5.74) is 1.74. The van der Waals surface area contributed by atoms with Crippen molar-refractivity contribution in [2.75, 3.05) is 10.2 Å². The minimum atomic E-state index is -0.667. The molecule has 2 aliphatic rings. The molecule has 1 aliphatic heterocycles. The van der Waals surface area contributed by atoms with Crippen LogP contribution in [0.1, 0.15) is 25.3 Å². The summed E-state index contributed by atoms with van der Waals surface area (Å²) in [5.74, 6) is -0.418. The molecule has 1 aliphatic carbocycles. The fourth-order valence-electron chi connectivity index (χ4n) is 3.67. The molecular formula is C20H17FN4O2. The number of halogens is 1. The molecule has 1 saturated carbocycles. The van der Waals surface area contributed by atoms with Crippen LogP contribution in [0.2, 0.25) is 0 Å². The molecule has 2 aromatic carbocycles. The summed E-state index contributed by atoms with van der Waals surface area (Å²) in [4.78, 5) is 31.9. The lowest BCUT2D eigenvalue weighted by Crippen LogP contribution is -2.33. The second-order valence-electron chi connectivity index (χ2n) is 6.96. The highest BCUT2D eigenvalue weighted by Crippen LogP contribution is 2.42. The van der Waals surface area contributed by atoms with Crippen LogP contribution in [-0.4, -0.2) is 27.4 Å². The molecule has 7 heteroatoms. The van der Waals surface area contributed by atoms with E-state index in [0.29, 0.717) is 5.95 Å². The van der Waals surface area contributed by atoms with E-state index in [2.05, 4.69) is 10.3 Å². The second kappa shape index (κ2) is 5.90. The van der Waals surface area contributed by atoms with Crippen molar-refractivity contribution in [3.63, 3.8) is 0 Å². The third-order valence-corrected chi connectivity index (χ3v) is 5.07. The number of anilines is 2. The second-order valence-corrected chi connectivity index (χ2v) is 6.96. The zero-order valence-electron chi connectivity index (χ0n) is 14.4. The largest absolute Gasteiger partial charge is 0.324 e. The molecule has 1 atom stereocenters. The number of fused-ring (bicyclic) bond motifs is 3. The third-order valence-electron chi connectivity index (χ3n) is 5.07. The van der Waals surface area contributed by atoms with Gasteiger partial charge >= 0.3 is 0 Å². The number of carbonyl (C=O) groups is 2. The van der Waals surface area contributed by atoms with Gasteiger partial charge in [-0.25, -0.2) is 9.37 Å².